The molecule has 0 spiro atoms. The molecule has 0 bridgehead atoms. The van der Waals surface area contributed by atoms with Crippen LogP contribution in [0.5, 0.6) is 0 Å². The Hall–Kier alpha value is -1.03. The van der Waals surface area contributed by atoms with E-state index < -0.39 is 11.7 Å². The first kappa shape index (κ1) is 15.4. The first-order valence-electron chi connectivity index (χ1n) is 7.18. The lowest BCUT2D eigenvalue weighted by Crippen LogP contribution is -2.55. The third-order valence-corrected chi connectivity index (χ3v) is 4.55. The van der Waals surface area contributed by atoms with E-state index in [1.165, 1.54) is 12.1 Å². The molecule has 20 heavy (non-hydrogen) atoms. The molecule has 1 nitrogen and oxygen atoms in total. The maximum atomic E-state index is 13.1. The molecule has 4 heteroatoms. The van der Waals surface area contributed by atoms with Gasteiger partial charge in [-0.15, -0.1) is 0 Å². The van der Waals surface area contributed by atoms with E-state index in [4.69, 9.17) is 0 Å². The molecule has 1 N–H and O–H groups in total. The fraction of sp³-hybridized carbons (Fsp3) is 0.625. The largest absolute Gasteiger partial charge is 0.416 e. The van der Waals surface area contributed by atoms with E-state index >= 15 is 0 Å². The molecule has 1 aromatic carbocycles. The van der Waals surface area contributed by atoms with Crippen molar-refractivity contribution in [2.45, 2.75) is 51.7 Å². The van der Waals surface area contributed by atoms with Gasteiger partial charge >= 0.3 is 6.18 Å². The van der Waals surface area contributed by atoms with Gasteiger partial charge in [0.05, 0.1) is 5.56 Å². The van der Waals surface area contributed by atoms with E-state index in [1.807, 2.05) is 0 Å². The van der Waals surface area contributed by atoms with Gasteiger partial charge < -0.3 is 5.32 Å². The van der Waals surface area contributed by atoms with Crippen LogP contribution in [0.15, 0.2) is 24.3 Å². The average Bonchev–Trinajstić information content (AvgIpc) is 2.37. The molecule has 1 fully saturated rings. The highest BCUT2D eigenvalue weighted by molar-refractivity contribution is 5.37. The lowest BCUT2D eigenvalue weighted by Gasteiger charge is -2.53. The Morgan fingerprint density at radius 1 is 1.25 bits per heavy atom. The maximum Gasteiger partial charge on any atom is 0.416 e. The van der Waals surface area contributed by atoms with Crippen LogP contribution in [0.25, 0.3) is 0 Å². The van der Waals surface area contributed by atoms with Crippen LogP contribution in [0.3, 0.4) is 0 Å². The zero-order chi connectivity index (χ0) is 15.0. The summed E-state index contributed by atoms with van der Waals surface area (Å²) in [6.07, 6.45) is -2.45. The molecule has 0 amide bonds. The maximum absolute atomic E-state index is 13.1. The minimum Gasteiger partial charge on any atom is -0.313 e. The Balaban J connectivity index is 2.23. The van der Waals surface area contributed by atoms with Gasteiger partial charge in [0, 0.05) is 6.04 Å². The van der Waals surface area contributed by atoms with Crippen molar-refractivity contribution in [3.05, 3.63) is 35.4 Å². The highest BCUT2D eigenvalue weighted by atomic mass is 19.4. The average molecular weight is 285 g/mol. The predicted molar refractivity (Wildman–Crippen MR) is 74.7 cm³/mol. The molecule has 0 aromatic heterocycles. The Labute approximate surface area is 118 Å². The second kappa shape index (κ2) is 5.40. The molecule has 1 aliphatic carbocycles. The Bertz CT molecular complexity index is 465. The number of alkyl halides is 3. The van der Waals surface area contributed by atoms with Gasteiger partial charge in [-0.3, -0.25) is 0 Å². The van der Waals surface area contributed by atoms with E-state index in [2.05, 4.69) is 26.1 Å². The molecule has 1 aliphatic rings. The molecule has 112 valence electrons. The number of nitrogens with one attached hydrogen (secondary N) is 1. The summed E-state index contributed by atoms with van der Waals surface area (Å²) in [6.45, 7) is 7.13. The third-order valence-electron chi connectivity index (χ3n) is 4.55. The van der Waals surface area contributed by atoms with Crippen LogP contribution in [0.4, 0.5) is 13.2 Å². The van der Waals surface area contributed by atoms with Gasteiger partial charge in [0.1, 0.15) is 0 Å². The summed E-state index contributed by atoms with van der Waals surface area (Å²) in [7, 11) is 0. The van der Waals surface area contributed by atoms with Crippen LogP contribution in [-0.2, 0) is 6.18 Å². The van der Waals surface area contributed by atoms with Crippen LogP contribution in [0, 0.1) is 5.41 Å². The molecule has 2 atom stereocenters. The van der Waals surface area contributed by atoms with Crippen LogP contribution < -0.4 is 5.32 Å². The van der Waals surface area contributed by atoms with Crippen LogP contribution in [0.2, 0.25) is 0 Å². The van der Waals surface area contributed by atoms with Crippen molar-refractivity contribution >= 4 is 0 Å². The van der Waals surface area contributed by atoms with Gasteiger partial charge in [0.15, 0.2) is 0 Å². The summed E-state index contributed by atoms with van der Waals surface area (Å²) in [5, 5.41) is 3.44. The lowest BCUT2D eigenvalue weighted by molar-refractivity contribution is -0.139. The monoisotopic (exact) mass is 285 g/mol. The van der Waals surface area contributed by atoms with Crippen molar-refractivity contribution < 1.29 is 13.2 Å². The number of halogens is 3. The van der Waals surface area contributed by atoms with Gasteiger partial charge in [-0.05, 0) is 42.3 Å². The zero-order valence-electron chi connectivity index (χ0n) is 12.2. The molecular formula is C16H22F3N. The van der Waals surface area contributed by atoms with Crippen molar-refractivity contribution in [2.75, 3.05) is 6.54 Å². The molecule has 1 aromatic rings. The van der Waals surface area contributed by atoms with Crippen molar-refractivity contribution in [2.24, 2.45) is 5.41 Å². The van der Waals surface area contributed by atoms with Crippen LogP contribution in [0.1, 0.15) is 50.7 Å². The minimum absolute atomic E-state index is 0.0327. The van der Waals surface area contributed by atoms with E-state index in [-0.39, 0.29) is 11.3 Å². The summed E-state index contributed by atoms with van der Waals surface area (Å²) in [5.41, 5.74) is -0.178. The van der Waals surface area contributed by atoms with Crippen molar-refractivity contribution in [1.29, 1.82) is 0 Å². The quantitative estimate of drug-likeness (QED) is 0.853. The molecule has 0 aliphatic heterocycles. The molecule has 0 radical (unpaired) electrons. The van der Waals surface area contributed by atoms with Gasteiger partial charge in [-0.25, -0.2) is 0 Å². The highest BCUT2D eigenvalue weighted by Crippen LogP contribution is 2.54. The van der Waals surface area contributed by atoms with Crippen molar-refractivity contribution in [3.8, 4) is 0 Å². The number of benzene rings is 1. The van der Waals surface area contributed by atoms with Crippen LogP contribution in [-0.4, -0.2) is 12.6 Å². The van der Waals surface area contributed by atoms with E-state index in [0.717, 1.165) is 19.4 Å². The first-order chi connectivity index (χ1) is 9.28. The Morgan fingerprint density at radius 3 is 2.45 bits per heavy atom. The standard InChI is InChI=1S/C16H22F3N/c1-4-9-20-14-10-13(15(14,2)3)11-7-5-6-8-12(11)16(17,18)19/h5-8,13-14,20H,4,9-10H2,1-3H3. The lowest BCUT2D eigenvalue weighted by atomic mass is 9.55. The van der Waals surface area contributed by atoms with Gasteiger partial charge in [0.2, 0.25) is 0 Å². The molecular weight excluding hydrogens is 263 g/mol. The molecule has 0 heterocycles. The Kier molecular flexibility index (Phi) is 4.14. The third kappa shape index (κ3) is 2.71. The second-order valence-corrected chi connectivity index (χ2v) is 6.20. The summed E-state index contributed by atoms with van der Waals surface area (Å²) in [4.78, 5) is 0. The van der Waals surface area contributed by atoms with Gasteiger partial charge in [-0.1, -0.05) is 39.0 Å². The topological polar surface area (TPSA) is 12.0 Å². The summed E-state index contributed by atoms with van der Waals surface area (Å²) >= 11 is 0. The summed E-state index contributed by atoms with van der Waals surface area (Å²) in [5.74, 6) is -0.0327. The number of hydrogen-bond acceptors (Lipinski definition) is 1. The predicted octanol–water partition coefficient (Wildman–Crippen LogP) is 4.59. The fourth-order valence-corrected chi connectivity index (χ4v) is 3.18. The highest BCUT2D eigenvalue weighted by Gasteiger charge is 2.50. The SMILES string of the molecule is CCCNC1CC(c2ccccc2C(F)(F)F)C1(C)C. The van der Waals surface area contributed by atoms with Gasteiger partial charge in [-0.2, -0.15) is 13.2 Å². The number of hydrogen-bond donors (Lipinski definition) is 1. The van der Waals surface area contributed by atoms with Crippen LogP contribution >= 0.6 is 0 Å². The number of rotatable bonds is 4. The second-order valence-electron chi connectivity index (χ2n) is 6.20. The minimum atomic E-state index is -4.27. The van der Waals surface area contributed by atoms with E-state index in [1.54, 1.807) is 12.1 Å². The van der Waals surface area contributed by atoms with Gasteiger partial charge in [0.25, 0.3) is 0 Å². The van der Waals surface area contributed by atoms with Crippen molar-refractivity contribution in [1.82, 2.24) is 5.32 Å². The normalized spacial score (nSPS) is 25.3. The van der Waals surface area contributed by atoms with E-state index in [9.17, 15) is 13.2 Å². The summed E-state index contributed by atoms with van der Waals surface area (Å²) in [6, 6.07) is 6.29. The smallest absolute Gasteiger partial charge is 0.313 e. The van der Waals surface area contributed by atoms with Crippen molar-refractivity contribution in [3.63, 3.8) is 0 Å². The molecule has 2 unspecified atom stereocenters. The zero-order valence-corrected chi connectivity index (χ0v) is 12.2. The first-order valence-corrected chi connectivity index (χ1v) is 7.18. The van der Waals surface area contributed by atoms with E-state index in [0.29, 0.717) is 11.6 Å². The summed E-state index contributed by atoms with van der Waals surface area (Å²) < 4.78 is 39.3. The molecule has 1 saturated carbocycles. The molecule has 0 saturated heterocycles. The fourth-order valence-electron chi connectivity index (χ4n) is 3.18. The Morgan fingerprint density at radius 2 is 1.90 bits per heavy atom. The molecule has 2 rings (SSSR count).